The fraction of sp³-hybridized carbons (Fsp3) is 0. The van der Waals surface area contributed by atoms with Crippen LogP contribution in [-0.2, 0) is 0 Å². The van der Waals surface area contributed by atoms with Crippen molar-refractivity contribution in [3.63, 3.8) is 0 Å². The van der Waals surface area contributed by atoms with Gasteiger partial charge in [0.2, 0.25) is 0 Å². The van der Waals surface area contributed by atoms with Crippen molar-refractivity contribution >= 4 is 40.7 Å². The molecule has 0 rings (SSSR count). The first-order valence-corrected chi connectivity index (χ1v) is 7.84. The number of halogens is 1. The Morgan fingerprint density at radius 2 is 2.12 bits per heavy atom. The predicted molar refractivity (Wildman–Crippen MR) is 39.3 cm³/mol. The van der Waals surface area contributed by atoms with Crippen molar-refractivity contribution in [3.05, 3.63) is 0 Å². The van der Waals surface area contributed by atoms with E-state index in [-0.39, 0.29) is 3.91 Å². The average molecular weight is 242 g/mol. The van der Waals surface area contributed by atoms with E-state index < -0.39 is 24.3 Å². The fourth-order valence-corrected chi connectivity index (χ4v) is 1.03. The summed E-state index contributed by atoms with van der Waals surface area (Å²) in [5, 5.41) is 1.95. The molecule has 0 radical (unpaired) electrons. The van der Waals surface area contributed by atoms with Crippen molar-refractivity contribution in [1.29, 1.82) is 0 Å². The summed E-state index contributed by atoms with van der Waals surface area (Å²) < 4.78 is -0.227. The second kappa shape index (κ2) is 4.12. The number of hydrogen-bond acceptors (Lipinski definition) is 2. The number of hydrogen-bond donors (Lipinski definition) is 2. The normalized spacial score (nSPS) is 7.88. The molecule has 0 aliphatic rings. The summed E-state index contributed by atoms with van der Waals surface area (Å²) in [4.78, 5) is 20.1. The van der Waals surface area contributed by atoms with E-state index in [4.69, 9.17) is 0 Å². The van der Waals surface area contributed by atoms with Crippen LogP contribution in [0.3, 0.4) is 0 Å². The van der Waals surface area contributed by atoms with Gasteiger partial charge in [-0.3, -0.25) is 0 Å². The van der Waals surface area contributed by atoms with Crippen LogP contribution in [0.5, 0.6) is 0 Å². The standard InChI is InChI=1S/C2H3IN2O2.Al.H/c3-1(6)5-2(4)7;;/h(H3,4,5,6,7);;. The third kappa shape index (κ3) is 4.36. The fourth-order valence-electron chi connectivity index (χ4n) is 0.130. The molecule has 0 fully saturated rings. The molecule has 0 bridgehead atoms. The van der Waals surface area contributed by atoms with Gasteiger partial charge in [0.25, 0.3) is 0 Å². The number of amides is 3. The number of nitrogens with one attached hydrogen (secondary N) is 1. The molecule has 0 aromatic heterocycles. The first kappa shape index (κ1) is 8.20. The van der Waals surface area contributed by atoms with Gasteiger partial charge in [-0.05, 0) is 0 Å². The monoisotopic (exact) mass is 242 g/mol. The molecular formula is C2H4AlIN2O2. The first-order chi connectivity index (χ1) is 3.66. The van der Waals surface area contributed by atoms with Crippen LogP contribution in [0.1, 0.15) is 0 Å². The summed E-state index contributed by atoms with van der Waals surface area (Å²) in [5.74, 6) is 0. The van der Waals surface area contributed by atoms with Gasteiger partial charge in [-0.25, -0.2) is 0 Å². The molecule has 3 amide bonds. The van der Waals surface area contributed by atoms with Crippen molar-refractivity contribution in [2.24, 2.45) is 5.73 Å². The SMILES string of the molecule is NC(=O)NC(=O)[I]=[AlH]. The third-order valence-corrected chi connectivity index (χ3v) is 2.93. The average Bonchev–Trinajstić information content (AvgIpc) is 1.65. The van der Waals surface area contributed by atoms with Crippen LogP contribution in [0.15, 0.2) is 0 Å². The molecule has 0 heterocycles. The van der Waals surface area contributed by atoms with Gasteiger partial charge in [-0.2, -0.15) is 0 Å². The quantitative estimate of drug-likeness (QED) is 0.283. The van der Waals surface area contributed by atoms with Crippen LogP contribution >= 0.6 is 18.3 Å². The minimum atomic E-state index is -0.763. The Morgan fingerprint density at radius 1 is 1.62 bits per heavy atom. The van der Waals surface area contributed by atoms with Crippen LogP contribution in [-0.4, -0.2) is 22.4 Å². The third-order valence-electron chi connectivity index (χ3n) is 0.343. The number of carbonyl (C=O) groups excluding carboxylic acids is 2. The zero-order valence-corrected chi connectivity index (χ0v) is 7.55. The molecule has 0 saturated heterocycles. The molecule has 4 nitrogen and oxygen atoms in total. The Bertz CT molecular complexity index is 136. The summed E-state index contributed by atoms with van der Waals surface area (Å²) in [5.41, 5.74) is 4.62. The van der Waals surface area contributed by atoms with Crippen molar-refractivity contribution in [3.8, 4) is 0 Å². The second-order valence-electron chi connectivity index (χ2n) is 0.897. The molecule has 0 unspecified atom stereocenters. The van der Waals surface area contributed by atoms with Gasteiger partial charge < -0.3 is 0 Å². The minimum absolute atomic E-state index is 0.227. The molecule has 6 heteroatoms. The van der Waals surface area contributed by atoms with E-state index in [1.165, 1.54) is 0 Å². The Labute approximate surface area is 61.2 Å². The van der Waals surface area contributed by atoms with Crippen molar-refractivity contribution in [2.75, 3.05) is 0 Å². The Morgan fingerprint density at radius 3 is 2.25 bits per heavy atom. The number of nitrogens with two attached hydrogens (primary N) is 1. The van der Waals surface area contributed by atoms with Crippen LogP contribution in [0.25, 0.3) is 0 Å². The molecule has 0 aliphatic carbocycles. The summed E-state index contributed by atoms with van der Waals surface area (Å²) in [6, 6.07) is -0.763. The van der Waals surface area contributed by atoms with Gasteiger partial charge in [0, 0.05) is 0 Å². The van der Waals surface area contributed by atoms with E-state index in [0.717, 1.165) is 0 Å². The van der Waals surface area contributed by atoms with Crippen LogP contribution in [0.2, 0.25) is 0 Å². The number of primary amides is 1. The van der Waals surface area contributed by atoms with Crippen molar-refractivity contribution < 1.29 is 9.59 Å². The summed E-state index contributed by atoms with van der Waals surface area (Å²) >= 11 is 1.06. The number of urea groups is 1. The zero-order valence-electron chi connectivity index (χ0n) is 3.98. The van der Waals surface area contributed by atoms with Crippen LogP contribution in [0, 0.1) is 0 Å². The van der Waals surface area contributed by atoms with Gasteiger partial charge in [0.1, 0.15) is 0 Å². The van der Waals surface area contributed by atoms with Gasteiger partial charge >= 0.3 is 61.3 Å². The molecule has 8 heavy (non-hydrogen) atoms. The van der Waals surface area contributed by atoms with E-state index >= 15 is 0 Å². The molecule has 0 aromatic rings. The topological polar surface area (TPSA) is 72.2 Å². The van der Waals surface area contributed by atoms with E-state index in [1.54, 1.807) is 12.4 Å². The molecule has 3 N–H and O–H groups in total. The van der Waals surface area contributed by atoms with E-state index in [9.17, 15) is 9.59 Å². The Kier molecular flexibility index (Phi) is 4.22. The molecule has 0 aliphatic heterocycles. The van der Waals surface area contributed by atoms with E-state index in [0.29, 0.717) is 0 Å². The summed E-state index contributed by atoms with van der Waals surface area (Å²) in [7, 11) is 0. The van der Waals surface area contributed by atoms with Gasteiger partial charge in [0.15, 0.2) is 0 Å². The van der Waals surface area contributed by atoms with Gasteiger partial charge in [-0.15, -0.1) is 0 Å². The first-order valence-electron chi connectivity index (χ1n) is 1.65. The number of rotatable bonds is 1. The Balaban J connectivity index is 3.55. The molecule has 0 aromatic carbocycles. The molecular weight excluding hydrogens is 238 g/mol. The second-order valence-corrected chi connectivity index (χ2v) is 4.43. The van der Waals surface area contributed by atoms with E-state index in [2.05, 4.69) is 5.73 Å². The molecule has 0 spiro atoms. The molecule has 0 atom stereocenters. The maximum absolute atomic E-state index is 10.3. The summed E-state index contributed by atoms with van der Waals surface area (Å²) in [6.45, 7) is 0. The van der Waals surface area contributed by atoms with Gasteiger partial charge in [0.05, 0.1) is 0 Å². The number of imide groups is 1. The maximum atomic E-state index is 10.3. The zero-order chi connectivity index (χ0) is 6.57. The summed E-state index contributed by atoms with van der Waals surface area (Å²) in [6.07, 6.45) is 0. The Hall–Kier alpha value is 0.202. The van der Waals surface area contributed by atoms with Crippen LogP contribution in [0.4, 0.5) is 9.59 Å². The molecule has 0 saturated carbocycles. The van der Waals surface area contributed by atoms with E-state index in [1.807, 2.05) is 5.32 Å². The van der Waals surface area contributed by atoms with Crippen molar-refractivity contribution in [1.82, 2.24) is 5.32 Å². The van der Waals surface area contributed by atoms with Crippen LogP contribution < -0.4 is 11.1 Å². The van der Waals surface area contributed by atoms with Crippen molar-refractivity contribution in [2.45, 2.75) is 0 Å². The number of carbonyl (C=O) groups is 2. The molecule has 44 valence electrons. The van der Waals surface area contributed by atoms with Gasteiger partial charge in [-0.1, -0.05) is 0 Å². The predicted octanol–water partition coefficient (Wildman–Crippen LogP) is -0.439.